The highest BCUT2D eigenvalue weighted by Gasteiger charge is 2.20. The summed E-state index contributed by atoms with van der Waals surface area (Å²) in [7, 11) is 0. The Hall–Kier alpha value is -0.410. The molecule has 1 aromatic heterocycles. The number of hydrogen-bond acceptors (Lipinski definition) is 3. The van der Waals surface area contributed by atoms with E-state index in [0.29, 0.717) is 6.04 Å². The lowest BCUT2D eigenvalue weighted by Gasteiger charge is -2.17. The van der Waals surface area contributed by atoms with Crippen LogP contribution >= 0.6 is 11.3 Å². The highest BCUT2D eigenvalue weighted by atomic mass is 32.1. The van der Waals surface area contributed by atoms with E-state index in [0.717, 1.165) is 12.5 Å². The lowest BCUT2D eigenvalue weighted by atomic mass is 10.0. The summed E-state index contributed by atoms with van der Waals surface area (Å²) in [6.45, 7) is 7.79. The molecular weight excluding hydrogens is 228 g/mol. The van der Waals surface area contributed by atoms with Crippen LogP contribution in [-0.4, -0.2) is 11.5 Å². The van der Waals surface area contributed by atoms with E-state index in [-0.39, 0.29) is 0 Å². The third kappa shape index (κ3) is 3.29. The lowest BCUT2D eigenvalue weighted by molar-refractivity contribution is 0.436. The molecule has 0 saturated heterocycles. The molecule has 2 nitrogen and oxygen atoms in total. The van der Waals surface area contributed by atoms with Gasteiger partial charge in [0.2, 0.25) is 0 Å². The molecule has 1 N–H and O–H groups in total. The van der Waals surface area contributed by atoms with Gasteiger partial charge >= 0.3 is 0 Å². The number of hydrogen-bond donors (Lipinski definition) is 1. The van der Waals surface area contributed by atoms with Gasteiger partial charge in [-0.15, -0.1) is 11.3 Å². The summed E-state index contributed by atoms with van der Waals surface area (Å²) < 4.78 is 0. The maximum absolute atomic E-state index is 4.88. The van der Waals surface area contributed by atoms with Gasteiger partial charge in [-0.3, -0.25) is 0 Å². The molecule has 2 rings (SSSR count). The zero-order valence-corrected chi connectivity index (χ0v) is 12.1. The van der Waals surface area contributed by atoms with Gasteiger partial charge < -0.3 is 5.32 Å². The molecule has 0 aromatic carbocycles. The van der Waals surface area contributed by atoms with Gasteiger partial charge in [-0.25, -0.2) is 4.98 Å². The SMILES string of the molecule is CCNC(CC(C)C)c1nc2c(s1)CCCC2. The van der Waals surface area contributed by atoms with Crippen LogP contribution in [0.4, 0.5) is 0 Å². The predicted octanol–water partition coefficient (Wildman–Crippen LogP) is 3.72. The topological polar surface area (TPSA) is 24.9 Å². The molecule has 0 spiro atoms. The second-order valence-electron chi connectivity index (χ2n) is 5.37. The van der Waals surface area contributed by atoms with Crippen LogP contribution in [0.5, 0.6) is 0 Å². The van der Waals surface area contributed by atoms with Crippen molar-refractivity contribution >= 4 is 11.3 Å². The molecule has 0 saturated carbocycles. The van der Waals surface area contributed by atoms with Crippen molar-refractivity contribution in [2.45, 2.75) is 58.9 Å². The summed E-state index contributed by atoms with van der Waals surface area (Å²) in [5, 5.41) is 4.91. The Balaban J connectivity index is 2.14. The van der Waals surface area contributed by atoms with Crippen molar-refractivity contribution in [3.63, 3.8) is 0 Å². The van der Waals surface area contributed by atoms with E-state index in [9.17, 15) is 0 Å². The summed E-state index contributed by atoms with van der Waals surface area (Å²) in [6.07, 6.45) is 6.33. The maximum atomic E-state index is 4.88. The van der Waals surface area contributed by atoms with Crippen molar-refractivity contribution in [3.8, 4) is 0 Å². The molecule has 0 bridgehead atoms. The standard InChI is InChI=1S/C14H24N2S/c1-4-15-12(9-10(2)3)14-16-11-7-5-6-8-13(11)17-14/h10,12,15H,4-9H2,1-3H3. The van der Waals surface area contributed by atoms with Crippen LogP contribution in [0.15, 0.2) is 0 Å². The number of aromatic nitrogens is 1. The minimum atomic E-state index is 0.468. The molecule has 3 heteroatoms. The second-order valence-corrected chi connectivity index (χ2v) is 6.48. The molecule has 17 heavy (non-hydrogen) atoms. The van der Waals surface area contributed by atoms with Crippen LogP contribution in [-0.2, 0) is 12.8 Å². The van der Waals surface area contributed by atoms with Crippen LogP contribution in [0.25, 0.3) is 0 Å². The fourth-order valence-electron chi connectivity index (χ4n) is 2.51. The zero-order valence-electron chi connectivity index (χ0n) is 11.3. The van der Waals surface area contributed by atoms with Gasteiger partial charge in [0.1, 0.15) is 5.01 Å². The van der Waals surface area contributed by atoms with E-state index < -0.39 is 0 Å². The summed E-state index contributed by atoms with van der Waals surface area (Å²) in [5.74, 6) is 0.722. The van der Waals surface area contributed by atoms with Crippen molar-refractivity contribution < 1.29 is 0 Å². The second kappa shape index (κ2) is 5.96. The maximum Gasteiger partial charge on any atom is 0.110 e. The van der Waals surface area contributed by atoms with Crippen molar-refractivity contribution in [2.75, 3.05) is 6.54 Å². The summed E-state index contributed by atoms with van der Waals surface area (Å²) in [4.78, 5) is 6.43. The molecule has 1 atom stereocenters. The molecule has 1 aromatic rings. The molecule has 1 unspecified atom stereocenters. The van der Waals surface area contributed by atoms with Crippen LogP contribution in [0.1, 0.15) is 61.7 Å². The average Bonchev–Trinajstić information content (AvgIpc) is 2.71. The number of nitrogens with one attached hydrogen (secondary N) is 1. The minimum absolute atomic E-state index is 0.468. The van der Waals surface area contributed by atoms with E-state index in [1.54, 1.807) is 4.88 Å². The Morgan fingerprint density at radius 3 is 2.71 bits per heavy atom. The lowest BCUT2D eigenvalue weighted by Crippen LogP contribution is -2.22. The Labute approximate surface area is 109 Å². The molecule has 0 radical (unpaired) electrons. The van der Waals surface area contributed by atoms with Crippen molar-refractivity contribution in [2.24, 2.45) is 5.92 Å². The van der Waals surface area contributed by atoms with E-state index in [2.05, 4.69) is 26.1 Å². The molecule has 96 valence electrons. The first kappa shape index (κ1) is 13.0. The number of fused-ring (bicyclic) bond motifs is 1. The van der Waals surface area contributed by atoms with Crippen LogP contribution in [0.3, 0.4) is 0 Å². The van der Waals surface area contributed by atoms with Crippen LogP contribution in [0.2, 0.25) is 0 Å². The van der Waals surface area contributed by atoms with Crippen LogP contribution < -0.4 is 5.32 Å². The van der Waals surface area contributed by atoms with Gasteiger partial charge in [-0.2, -0.15) is 0 Å². The molecular formula is C14H24N2S. The van der Waals surface area contributed by atoms with E-state index in [4.69, 9.17) is 4.98 Å². The first-order valence-corrected chi connectivity index (χ1v) is 7.74. The molecule has 1 heterocycles. The van der Waals surface area contributed by atoms with E-state index in [1.165, 1.54) is 42.8 Å². The number of nitrogens with zero attached hydrogens (tertiary/aromatic N) is 1. The summed E-state index contributed by atoms with van der Waals surface area (Å²) in [6, 6.07) is 0.468. The van der Waals surface area contributed by atoms with Crippen molar-refractivity contribution in [1.29, 1.82) is 0 Å². The monoisotopic (exact) mass is 252 g/mol. The molecule has 0 amide bonds. The van der Waals surface area contributed by atoms with Gasteiger partial charge in [0.15, 0.2) is 0 Å². The van der Waals surface area contributed by atoms with Gasteiger partial charge in [0.05, 0.1) is 11.7 Å². The highest BCUT2D eigenvalue weighted by molar-refractivity contribution is 7.11. The first-order chi connectivity index (χ1) is 8.20. The number of thiazole rings is 1. The largest absolute Gasteiger partial charge is 0.308 e. The van der Waals surface area contributed by atoms with Gasteiger partial charge in [-0.05, 0) is 44.6 Å². The quantitative estimate of drug-likeness (QED) is 0.864. The van der Waals surface area contributed by atoms with Gasteiger partial charge in [0.25, 0.3) is 0 Å². The van der Waals surface area contributed by atoms with Crippen molar-refractivity contribution in [3.05, 3.63) is 15.6 Å². The number of aryl methyl sites for hydroxylation is 2. The van der Waals surface area contributed by atoms with Gasteiger partial charge in [0, 0.05) is 4.88 Å². The smallest absolute Gasteiger partial charge is 0.110 e. The molecule has 0 fully saturated rings. The summed E-state index contributed by atoms with van der Waals surface area (Å²) >= 11 is 1.95. The van der Waals surface area contributed by atoms with Gasteiger partial charge in [-0.1, -0.05) is 20.8 Å². The third-order valence-electron chi connectivity index (χ3n) is 3.32. The fraction of sp³-hybridized carbons (Fsp3) is 0.786. The highest BCUT2D eigenvalue weighted by Crippen LogP contribution is 2.32. The Morgan fingerprint density at radius 2 is 2.06 bits per heavy atom. The molecule has 1 aliphatic carbocycles. The minimum Gasteiger partial charge on any atom is -0.308 e. The first-order valence-electron chi connectivity index (χ1n) is 6.92. The Bertz CT molecular complexity index is 334. The summed E-state index contributed by atoms with van der Waals surface area (Å²) in [5.41, 5.74) is 1.39. The van der Waals surface area contributed by atoms with E-state index in [1.807, 2.05) is 11.3 Å². The fourth-order valence-corrected chi connectivity index (χ4v) is 3.75. The third-order valence-corrected chi connectivity index (χ3v) is 4.59. The predicted molar refractivity (Wildman–Crippen MR) is 74.6 cm³/mol. The number of rotatable bonds is 5. The molecule has 1 aliphatic rings. The van der Waals surface area contributed by atoms with Crippen molar-refractivity contribution in [1.82, 2.24) is 10.3 Å². The van der Waals surface area contributed by atoms with Crippen LogP contribution in [0, 0.1) is 5.92 Å². The Morgan fingerprint density at radius 1 is 1.29 bits per heavy atom. The average molecular weight is 252 g/mol. The Kier molecular flexibility index (Phi) is 4.57. The zero-order chi connectivity index (χ0) is 12.3. The normalized spacial score (nSPS) is 17.2. The van der Waals surface area contributed by atoms with E-state index >= 15 is 0 Å². The molecule has 0 aliphatic heterocycles.